The average Bonchev–Trinajstić information content (AvgIpc) is 2.56. The third-order valence-electron chi connectivity index (χ3n) is 4.33. The maximum atomic E-state index is 11.9. The van der Waals surface area contributed by atoms with Crippen LogP contribution in [0.1, 0.15) is 5.56 Å². The quantitative estimate of drug-likeness (QED) is 0.931. The number of amides is 1. The van der Waals surface area contributed by atoms with Gasteiger partial charge in [0, 0.05) is 32.7 Å². The van der Waals surface area contributed by atoms with Gasteiger partial charge >= 0.3 is 0 Å². The number of nitrogens with one attached hydrogen (secondary N) is 1. The van der Waals surface area contributed by atoms with Crippen LogP contribution in [-0.2, 0) is 11.3 Å². The molecule has 1 N–H and O–H groups in total. The average molecular weight is 334 g/mol. The van der Waals surface area contributed by atoms with Gasteiger partial charge in [0.05, 0.1) is 6.54 Å². The van der Waals surface area contributed by atoms with Crippen molar-refractivity contribution in [2.75, 3.05) is 39.8 Å². The molecule has 3 rings (SSSR count). The minimum absolute atomic E-state index is 0. The summed E-state index contributed by atoms with van der Waals surface area (Å²) in [5.41, 5.74) is 1.37. The van der Waals surface area contributed by atoms with Crippen LogP contribution in [-0.4, -0.2) is 55.5 Å². The maximum Gasteiger partial charge on any atom is 0.236 e. The lowest BCUT2D eigenvalue weighted by molar-refractivity contribution is -0.131. The Balaban J connectivity index is 0.00000192. The highest BCUT2D eigenvalue weighted by atomic mass is 35.5. The Morgan fingerprint density at radius 3 is 2.48 bits per heavy atom. The molecule has 0 unspecified atom stereocenters. The van der Waals surface area contributed by atoms with Crippen molar-refractivity contribution in [3.63, 3.8) is 0 Å². The third kappa shape index (κ3) is 4.22. The van der Waals surface area contributed by atoms with E-state index in [0.717, 1.165) is 32.7 Å². The van der Waals surface area contributed by atoms with Crippen LogP contribution in [0.3, 0.4) is 0 Å². The highest BCUT2D eigenvalue weighted by Crippen LogP contribution is 2.20. The van der Waals surface area contributed by atoms with Crippen LogP contribution in [0, 0.1) is 0 Å². The van der Waals surface area contributed by atoms with Crippen molar-refractivity contribution in [1.82, 2.24) is 15.1 Å². The molecule has 0 spiro atoms. The van der Waals surface area contributed by atoms with Gasteiger partial charge in [0.15, 0.2) is 0 Å². The molecule has 0 atom stereocenters. The zero-order valence-corrected chi connectivity index (χ0v) is 14.3. The Morgan fingerprint density at radius 2 is 1.74 bits per heavy atom. The van der Waals surface area contributed by atoms with E-state index in [4.69, 9.17) is 0 Å². The molecule has 4 nitrogen and oxygen atoms in total. The van der Waals surface area contributed by atoms with E-state index in [0.29, 0.717) is 6.54 Å². The highest BCUT2D eigenvalue weighted by molar-refractivity contribution is 5.86. The van der Waals surface area contributed by atoms with E-state index >= 15 is 0 Å². The molecule has 0 aromatic heterocycles. The molecular formula is C18H24ClN3O. The summed E-state index contributed by atoms with van der Waals surface area (Å²) in [5.74, 6) is 0.201. The van der Waals surface area contributed by atoms with Gasteiger partial charge < -0.3 is 10.2 Å². The lowest BCUT2D eigenvalue weighted by Crippen LogP contribution is -2.50. The first-order valence-electron chi connectivity index (χ1n) is 7.89. The zero-order valence-electron chi connectivity index (χ0n) is 13.5. The van der Waals surface area contributed by atoms with E-state index in [2.05, 4.69) is 52.7 Å². The summed E-state index contributed by atoms with van der Waals surface area (Å²) in [6, 6.07) is 15.0. The van der Waals surface area contributed by atoms with Gasteiger partial charge in [0.1, 0.15) is 0 Å². The Bertz CT molecular complexity index is 648. The van der Waals surface area contributed by atoms with Crippen molar-refractivity contribution in [2.24, 2.45) is 0 Å². The number of fused-ring (bicyclic) bond motifs is 1. The number of likely N-dealkylation sites (N-methyl/N-ethyl adjacent to an activating group) is 1. The topological polar surface area (TPSA) is 35.6 Å². The SMILES string of the molecule is CNCC(=O)N1CCN(Cc2cccc3ccccc23)CC1.Cl. The Morgan fingerprint density at radius 1 is 1.04 bits per heavy atom. The lowest BCUT2D eigenvalue weighted by Gasteiger charge is -2.35. The van der Waals surface area contributed by atoms with E-state index in [9.17, 15) is 4.79 Å². The third-order valence-corrected chi connectivity index (χ3v) is 4.33. The van der Waals surface area contributed by atoms with Gasteiger partial charge in [-0.25, -0.2) is 0 Å². The Kier molecular flexibility index (Phi) is 6.39. The van der Waals surface area contributed by atoms with Crippen molar-refractivity contribution in [3.8, 4) is 0 Å². The molecule has 5 heteroatoms. The van der Waals surface area contributed by atoms with Crippen LogP contribution in [0.2, 0.25) is 0 Å². The van der Waals surface area contributed by atoms with E-state index in [1.54, 1.807) is 0 Å². The lowest BCUT2D eigenvalue weighted by atomic mass is 10.0. The molecule has 1 amide bonds. The molecule has 0 saturated carbocycles. The van der Waals surface area contributed by atoms with E-state index in [1.807, 2.05) is 11.9 Å². The predicted molar refractivity (Wildman–Crippen MR) is 97.0 cm³/mol. The monoisotopic (exact) mass is 333 g/mol. The molecule has 0 radical (unpaired) electrons. The molecule has 1 heterocycles. The molecule has 1 saturated heterocycles. The standard InChI is InChI=1S/C18H23N3O.ClH/c1-19-13-18(22)21-11-9-20(10-12-21)14-16-7-4-6-15-5-2-3-8-17(15)16;/h2-8,19H,9-14H2,1H3;1H. The van der Waals surface area contributed by atoms with Gasteiger partial charge in [-0.15, -0.1) is 12.4 Å². The summed E-state index contributed by atoms with van der Waals surface area (Å²) in [4.78, 5) is 16.3. The Labute approximate surface area is 143 Å². The van der Waals surface area contributed by atoms with Gasteiger partial charge in [0.2, 0.25) is 5.91 Å². The van der Waals surface area contributed by atoms with Crippen molar-refractivity contribution < 1.29 is 4.79 Å². The number of carbonyl (C=O) groups excluding carboxylic acids is 1. The first kappa shape index (κ1) is 17.7. The molecule has 2 aromatic carbocycles. The number of benzene rings is 2. The van der Waals surface area contributed by atoms with E-state index in [-0.39, 0.29) is 18.3 Å². The summed E-state index contributed by atoms with van der Waals surface area (Å²) in [6.45, 7) is 4.92. The number of hydrogen-bond acceptors (Lipinski definition) is 3. The van der Waals surface area contributed by atoms with Crippen molar-refractivity contribution in [3.05, 3.63) is 48.0 Å². The second-order valence-electron chi connectivity index (χ2n) is 5.83. The van der Waals surface area contributed by atoms with Crippen molar-refractivity contribution >= 4 is 29.1 Å². The second kappa shape index (κ2) is 8.29. The normalized spacial score (nSPS) is 15.4. The van der Waals surface area contributed by atoms with E-state index in [1.165, 1.54) is 16.3 Å². The number of nitrogens with zero attached hydrogens (tertiary/aromatic N) is 2. The van der Waals surface area contributed by atoms with E-state index < -0.39 is 0 Å². The van der Waals surface area contributed by atoms with Gasteiger partial charge in [-0.1, -0.05) is 42.5 Å². The number of carbonyl (C=O) groups is 1. The fourth-order valence-electron chi connectivity index (χ4n) is 3.09. The smallest absolute Gasteiger partial charge is 0.236 e. The molecular weight excluding hydrogens is 310 g/mol. The molecule has 0 aliphatic carbocycles. The largest absolute Gasteiger partial charge is 0.339 e. The fourth-order valence-corrected chi connectivity index (χ4v) is 3.09. The molecule has 2 aromatic rings. The van der Waals surface area contributed by atoms with Crippen LogP contribution in [0.15, 0.2) is 42.5 Å². The van der Waals surface area contributed by atoms with Crippen LogP contribution < -0.4 is 5.32 Å². The first-order valence-corrected chi connectivity index (χ1v) is 7.89. The molecule has 124 valence electrons. The number of rotatable bonds is 4. The predicted octanol–water partition coefficient (Wildman–Crippen LogP) is 2.13. The number of piperazine rings is 1. The van der Waals surface area contributed by atoms with Crippen LogP contribution >= 0.6 is 12.4 Å². The molecule has 0 bridgehead atoms. The van der Waals surface area contributed by atoms with Crippen LogP contribution in [0.25, 0.3) is 10.8 Å². The number of halogens is 1. The summed E-state index contributed by atoms with van der Waals surface area (Å²) >= 11 is 0. The van der Waals surface area contributed by atoms with Gasteiger partial charge in [-0.2, -0.15) is 0 Å². The summed E-state index contributed by atoms with van der Waals surface area (Å²) < 4.78 is 0. The summed E-state index contributed by atoms with van der Waals surface area (Å²) in [7, 11) is 1.81. The van der Waals surface area contributed by atoms with Gasteiger partial charge in [0.25, 0.3) is 0 Å². The highest BCUT2D eigenvalue weighted by Gasteiger charge is 2.20. The molecule has 1 aliphatic heterocycles. The van der Waals surface area contributed by atoms with Gasteiger partial charge in [-0.05, 0) is 23.4 Å². The van der Waals surface area contributed by atoms with Crippen molar-refractivity contribution in [1.29, 1.82) is 0 Å². The van der Waals surface area contributed by atoms with Gasteiger partial charge in [-0.3, -0.25) is 9.69 Å². The minimum atomic E-state index is 0. The molecule has 1 fully saturated rings. The minimum Gasteiger partial charge on any atom is -0.339 e. The Hall–Kier alpha value is -1.62. The van der Waals surface area contributed by atoms with Crippen LogP contribution in [0.4, 0.5) is 0 Å². The molecule has 23 heavy (non-hydrogen) atoms. The summed E-state index contributed by atoms with van der Waals surface area (Å²) in [5, 5.41) is 5.56. The number of hydrogen-bond donors (Lipinski definition) is 1. The van der Waals surface area contributed by atoms with Crippen LogP contribution in [0.5, 0.6) is 0 Å². The fraction of sp³-hybridized carbons (Fsp3) is 0.389. The van der Waals surface area contributed by atoms with Crippen molar-refractivity contribution in [2.45, 2.75) is 6.54 Å². The molecule has 1 aliphatic rings. The summed E-state index contributed by atoms with van der Waals surface area (Å²) in [6.07, 6.45) is 0. The second-order valence-corrected chi connectivity index (χ2v) is 5.83. The zero-order chi connectivity index (χ0) is 15.4. The maximum absolute atomic E-state index is 11.9. The first-order chi connectivity index (χ1) is 10.8.